The minimum absolute atomic E-state index is 0.330. The first-order chi connectivity index (χ1) is 8.67. The second-order valence-electron chi connectivity index (χ2n) is 4.41. The SMILES string of the molecule is Cc1cc(N)ccc1NC(=O)CN(C)CC(F)(F)F. The molecule has 4 nitrogen and oxygen atoms in total. The Morgan fingerprint density at radius 3 is 2.58 bits per heavy atom. The molecular formula is C12H16F3N3O. The molecule has 0 spiro atoms. The number of carbonyl (C=O) groups excluding carboxylic acids is 1. The van der Waals surface area contributed by atoms with Gasteiger partial charge in [-0.3, -0.25) is 9.69 Å². The van der Waals surface area contributed by atoms with Gasteiger partial charge in [-0.1, -0.05) is 0 Å². The zero-order chi connectivity index (χ0) is 14.6. The Morgan fingerprint density at radius 1 is 1.42 bits per heavy atom. The van der Waals surface area contributed by atoms with Crippen molar-refractivity contribution in [1.29, 1.82) is 0 Å². The van der Waals surface area contributed by atoms with Gasteiger partial charge < -0.3 is 11.1 Å². The van der Waals surface area contributed by atoms with Gasteiger partial charge in [0.05, 0.1) is 13.1 Å². The molecule has 0 radical (unpaired) electrons. The fourth-order valence-electron chi connectivity index (χ4n) is 1.62. The van der Waals surface area contributed by atoms with Gasteiger partial charge in [0.1, 0.15) is 0 Å². The maximum Gasteiger partial charge on any atom is 0.401 e. The summed E-state index contributed by atoms with van der Waals surface area (Å²) >= 11 is 0. The van der Waals surface area contributed by atoms with Crippen molar-refractivity contribution < 1.29 is 18.0 Å². The number of likely N-dealkylation sites (N-methyl/N-ethyl adjacent to an activating group) is 1. The van der Waals surface area contributed by atoms with Crippen molar-refractivity contribution in [2.24, 2.45) is 0 Å². The second-order valence-corrected chi connectivity index (χ2v) is 4.41. The van der Waals surface area contributed by atoms with Crippen LogP contribution in [0.5, 0.6) is 0 Å². The molecule has 19 heavy (non-hydrogen) atoms. The number of halogens is 3. The molecule has 0 aliphatic rings. The van der Waals surface area contributed by atoms with Crippen LogP contribution in [0.3, 0.4) is 0 Å². The van der Waals surface area contributed by atoms with E-state index in [9.17, 15) is 18.0 Å². The predicted octanol–water partition coefficient (Wildman–Crippen LogP) is 2.01. The van der Waals surface area contributed by atoms with E-state index >= 15 is 0 Å². The molecule has 0 atom stereocenters. The van der Waals surface area contributed by atoms with Crippen molar-refractivity contribution in [2.45, 2.75) is 13.1 Å². The average Bonchev–Trinajstić information content (AvgIpc) is 2.19. The summed E-state index contributed by atoms with van der Waals surface area (Å²) in [4.78, 5) is 12.5. The van der Waals surface area contributed by atoms with Crippen molar-refractivity contribution in [3.63, 3.8) is 0 Å². The number of alkyl halides is 3. The smallest absolute Gasteiger partial charge is 0.399 e. The third-order valence-electron chi connectivity index (χ3n) is 2.39. The van der Waals surface area contributed by atoms with Gasteiger partial charge in [-0.15, -0.1) is 0 Å². The van der Waals surface area contributed by atoms with Crippen molar-refractivity contribution in [1.82, 2.24) is 4.90 Å². The summed E-state index contributed by atoms with van der Waals surface area (Å²) in [6.07, 6.45) is -4.31. The van der Waals surface area contributed by atoms with E-state index in [1.807, 2.05) is 0 Å². The van der Waals surface area contributed by atoms with E-state index in [4.69, 9.17) is 5.73 Å². The second kappa shape index (κ2) is 5.92. The van der Waals surface area contributed by atoms with Gasteiger partial charge >= 0.3 is 6.18 Å². The molecule has 0 aromatic heterocycles. The summed E-state index contributed by atoms with van der Waals surface area (Å²) in [5.74, 6) is -0.500. The lowest BCUT2D eigenvalue weighted by Gasteiger charge is -2.18. The zero-order valence-corrected chi connectivity index (χ0v) is 10.7. The van der Waals surface area contributed by atoms with Gasteiger partial charge in [0.2, 0.25) is 5.91 Å². The molecule has 1 aromatic rings. The molecule has 0 fully saturated rings. The molecular weight excluding hydrogens is 259 g/mol. The first-order valence-electron chi connectivity index (χ1n) is 5.58. The van der Waals surface area contributed by atoms with Crippen LogP contribution in [0.15, 0.2) is 18.2 Å². The number of aryl methyl sites for hydroxylation is 1. The number of nitrogen functional groups attached to an aromatic ring is 1. The van der Waals surface area contributed by atoms with Gasteiger partial charge in [-0.05, 0) is 37.7 Å². The Morgan fingerprint density at radius 2 is 2.05 bits per heavy atom. The number of nitrogens with zero attached hydrogens (tertiary/aromatic N) is 1. The third-order valence-corrected chi connectivity index (χ3v) is 2.39. The quantitative estimate of drug-likeness (QED) is 0.826. The van der Waals surface area contributed by atoms with Gasteiger partial charge in [-0.2, -0.15) is 13.2 Å². The van der Waals surface area contributed by atoms with E-state index in [0.29, 0.717) is 11.4 Å². The van der Waals surface area contributed by atoms with E-state index in [0.717, 1.165) is 10.5 Å². The van der Waals surface area contributed by atoms with Crippen LogP contribution >= 0.6 is 0 Å². The molecule has 7 heteroatoms. The van der Waals surface area contributed by atoms with Gasteiger partial charge in [-0.25, -0.2) is 0 Å². The molecule has 0 saturated carbocycles. The molecule has 0 aliphatic carbocycles. The maximum absolute atomic E-state index is 12.1. The largest absolute Gasteiger partial charge is 0.401 e. The lowest BCUT2D eigenvalue weighted by Crippen LogP contribution is -2.36. The number of benzene rings is 1. The lowest BCUT2D eigenvalue weighted by atomic mass is 10.2. The van der Waals surface area contributed by atoms with Crippen LogP contribution in [0.1, 0.15) is 5.56 Å². The topological polar surface area (TPSA) is 58.4 Å². The van der Waals surface area contributed by atoms with E-state index in [1.165, 1.54) is 7.05 Å². The minimum atomic E-state index is -4.31. The number of nitrogens with two attached hydrogens (primary N) is 1. The molecule has 106 valence electrons. The number of carbonyl (C=O) groups is 1. The van der Waals surface area contributed by atoms with Crippen LogP contribution < -0.4 is 11.1 Å². The predicted molar refractivity (Wildman–Crippen MR) is 67.8 cm³/mol. The summed E-state index contributed by atoms with van der Waals surface area (Å²) in [6.45, 7) is 0.301. The summed E-state index contributed by atoms with van der Waals surface area (Å²) in [6, 6.07) is 4.91. The molecule has 0 aliphatic heterocycles. The highest BCUT2D eigenvalue weighted by Gasteiger charge is 2.29. The Balaban J connectivity index is 2.56. The van der Waals surface area contributed by atoms with Gasteiger partial charge in [0, 0.05) is 11.4 Å². The molecule has 0 unspecified atom stereocenters. The van der Waals surface area contributed by atoms with Crippen LogP contribution in [0, 0.1) is 6.92 Å². The van der Waals surface area contributed by atoms with Gasteiger partial charge in [0.25, 0.3) is 0 Å². The van der Waals surface area contributed by atoms with Crippen molar-refractivity contribution in [2.75, 3.05) is 31.2 Å². The zero-order valence-electron chi connectivity index (χ0n) is 10.7. The number of hydrogen-bond acceptors (Lipinski definition) is 3. The highest BCUT2D eigenvalue weighted by Crippen LogP contribution is 2.18. The maximum atomic E-state index is 12.1. The Kier molecular flexibility index (Phi) is 4.77. The summed E-state index contributed by atoms with van der Waals surface area (Å²) in [7, 11) is 1.24. The fourth-order valence-corrected chi connectivity index (χ4v) is 1.62. The van der Waals surface area contributed by atoms with Gasteiger partial charge in [0.15, 0.2) is 0 Å². The molecule has 0 bridgehead atoms. The Hall–Kier alpha value is -1.76. The molecule has 1 amide bonds. The van der Waals surface area contributed by atoms with Crippen LogP contribution in [0.2, 0.25) is 0 Å². The van der Waals surface area contributed by atoms with Crippen LogP contribution in [0.4, 0.5) is 24.5 Å². The van der Waals surface area contributed by atoms with Crippen LogP contribution in [0.25, 0.3) is 0 Å². The molecule has 1 aromatic carbocycles. The fraction of sp³-hybridized carbons (Fsp3) is 0.417. The van der Waals surface area contributed by atoms with Crippen molar-refractivity contribution in [3.05, 3.63) is 23.8 Å². The normalized spacial score (nSPS) is 11.7. The third kappa shape index (κ3) is 5.60. The lowest BCUT2D eigenvalue weighted by molar-refractivity contribution is -0.145. The summed E-state index contributed by atoms with van der Waals surface area (Å²) < 4.78 is 36.3. The summed E-state index contributed by atoms with van der Waals surface area (Å²) in [5, 5.41) is 2.55. The number of hydrogen-bond donors (Lipinski definition) is 2. The summed E-state index contributed by atoms with van der Waals surface area (Å²) in [5.41, 5.74) is 7.42. The Labute approximate surface area is 109 Å². The molecule has 1 rings (SSSR count). The average molecular weight is 275 g/mol. The van der Waals surface area contributed by atoms with E-state index in [-0.39, 0.29) is 6.54 Å². The highest BCUT2D eigenvalue weighted by atomic mass is 19.4. The number of rotatable bonds is 4. The van der Waals surface area contributed by atoms with Crippen molar-refractivity contribution in [3.8, 4) is 0 Å². The highest BCUT2D eigenvalue weighted by molar-refractivity contribution is 5.93. The molecule has 0 heterocycles. The number of nitrogens with one attached hydrogen (secondary N) is 1. The number of anilines is 2. The minimum Gasteiger partial charge on any atom is -0.399 e. The van der Waals surface area contributed by atoms with E-state index in [2.05, 4.69) is 5.32 Å². The van der Waals surface area contributed by atoms with Crippen LogP contribution in [-0.2, 0) is 4.79 Å². The molecule has 0 saturated heterocycles. The first kappa shape index (κ1) is 15.3. The monoisotopic (exact) mass is 275 g/mol. The molecule has 3 N–H and O–H groups in total. The van der Waals surface area contributed by atoms with Crippen molar-refractivity contribution >= 4 is 17.3 Å². The standard InChI is InChI=1S/C12H16F3N3O/c1-8-5-9(16)3-4-10(8)17-11(19)6-18(2)7-12(13,14)15/h3-5H,6-7,16H2,1-2H3,(H,17,19). The Bertz CT molecular complexity index is 460. The van der Waals surface area contributed by atoms with E-state index in [1.54, 1.807) is 25.1 Å². The van der Waals surface area contributed by atoms with E-state index < -0.39 is 18.6 Å². The van der Waals surface area contributed by atoms with Crippen LogP contribution in [-0.4, -0.2) is 37.1 Å². The first-order valence-corrected chi connectivity index (χ1v) is 5.58. The number of amides is 1.